The van der Waals surface area contributed by atoms with Crippen LogP contribution in [-0.2, 0) is 4.79 Å². The molecule has 104 valence electrons. The van der Waals surface area contributed by atoms with E-state index < -0.39 is 11.8 Å². The van der Waals surface area contributed by atoms with Crippen LogP contribution in [0, 0.1) is 11.7 Å². The van der Waals surface area contributed by atoms with E-state index in [1.165, 1.54) is 20.3 Å². The molecule has 1 atom stereocenters. The van der Waals surface area contributed by atoms with Gasteiger partial charge in [-0.15, -0.1) is 0 Å². The molecule has 5 heteroatoms. The summed E-state index contributed by atoms with van der Waals surface area (Å²) >= 11 is 0. The quantitative estimate of drug-likeness (QED) is 0.862. The highest BCUT2D eigenvalue weighted by Crippen LogP contribution is 2.47. The van der Waals surface area contributed by atoms with E-state index in [4.69, 9.17) is 14.6 Å². The zero-order chi connectivity index (χ0) is 14.0. The van der Waals surface area contributed by atoms with Crippen molar-refractivity contribution in [2.24, 2.45) is 5.92 Å². The van der Waals surface area contributed by atoms with E-state index in [0.717, 1.165) is 12.8 Å². The third-order valence-electron chi connectivity index (χ3n) is 3.48. The van der Waals surface area contributed by atoms with Crippen LogP contribution in [0.1, 0.15) is 30.7 Å². The molecule has 1 aliphatic carbocycles. The first-order chi connectivity index (χ1) is 9.06. The van der Waals surface area contributed by atoms with Gasteiger partial charge < -0.3 is 14.6 Å². The first-order valence-corrected chi connectivity index (χ1v) is 6.20. The highest BCUT2D eigenvalue weighted by molar-refractivity contribution is 5.68. The van der Waals surface area contributed by atoms with Crippen LogP contribution in [0.2, 0.25) is 0 Å². The van der Waals surface area contributed by atoms with Crippen molar-refractivity contribution in [3.05, 3.63) is 23.5 Å². The molecule has 0 aliphatic heterocycles. The molecule has 19 heavy (non-hydrogen) atoms. The van der Waals surface area contributed by atoms with Crippen molar-refractivity contribution < 1.29 is 23.8 Å². The molecule has 2 rings (SSSR count). The largest absolute Gasteiger partial charge is 0.497 e. The molecule has 0 radical (unpaired) electrons. The number of hydrogen-bond acceptors (Lipinski definition) is 3. The Morgan fingerprint density at radius 1 is 1.42 bits per heavy atom. The molecule has 0 bridgehead atoms. The average molecular weight is 268 g/mol. The van der Waals surface area contributed by atoms with Crippen LogP contribution in [-0.4, -0.2) is 25.3 Å². The minimum Gasteiger partial charge on any atom is -0.497 e. The first kappa shape index (κ1) is 13.6. The van der Waals surface area contributed by atoms with Gasteiger partial charge in [-0.2, -0.15) is 0 Å². The van der Waals surface area contributed by atoms with Gasteiger partial charge in [-0.05, 0) is 30.4 Å². The summed E-state index contributed by atoms with van der Waals surface area (Å²) < 4.78 is 24.4. The Kier molecular flexibility index (Phi) is 3.93. The Morgan fingerprint density at radius 2 is 2.11 bits per heavy atom. The van der Waals surface area contributed by atoms with E-state index in [1.54, 1.807) is 6.07 Å². The lowest BCUT2D eigenvalue weighted by atomic mass is 9.90. The van der Waals surface area contributed by atoms with Crippen LogP contribution in [0.4, 0.5) is 4.39 Å². The van der Waals surface area contributed by atoms with Gasteiger partial charge in [0, 0.05) is 12.0 Å². The molecule has 1 N–H and O–H groups in total. The number of methoxy groups -OCH3 is 2. The van der Waals surface area contributed by atoms with Crippen LogP contribution in [0.5, 0.6) is 11.5 Å². The monoisotopic (exact) mass is 268 g/mol. The number of carboxylic acid groups (broad SMARTS) is 1. The van der Waals surface area contributed by atoms with Crippen molar-refractivity contribution in [2.75, 3.05) is 14.2 Å². The number of benzene rings is 1. The predicted octanol–water partition coefficient (Wildman–Crippen LogP) is 2.81. The van der Waals surface area contributed by atoms with Gasteiger partial charge in [0.1, 0.15) is 5.75 Å². The summed E-state index contributed by atoms with van der Waals surface area (Å²) in [6.07, 6.45) is 1.81. The standard InChI is InChI=1S/C14H17FO4/c1-18-9-5-11(14(15)12(6-9)19-2)10(7-13(16)17)8-3-4-8/h5-6,8,10H,3-4,7H2,1-2H3,(H,16,17). The number of rotatable bonds is 6. The number of carboxylic acids is 1. The van der Waals surface area contributed by atoms with Crippen LogP contribution in [0.25, 0.3) is 0 Å². The van der Waals surface area contributed by atoms with Gasteiger partial charge in [0.15, 0.2) is 11.6 Å². The molecule has 0 amide bonds. The molecule has 0 heterocycles. The molecule has 1 fully saturated rings. The molecule has 1 aromatic carbocycles. The SMILES string of the molecule is COc1cc(OC)c(F)c(C(CC(=O)O)C2CC2)c1. The lowest BCUT2D eigenvalue weighted by Gasteiger charge is -2.18. The van der Waals surface area contributed by atoms with Crippen LogP contribution >= 0.6 is 0 Å². The van der Waals surface area contributed by atoms with Crippen LogP contribution < -0.4 is 9.47 Å². The molecule has 1 aliphatic rings. The molecular weight excluding hydrogens is 251 g/mol. The zero-order valence-corrected chi connectivity index (χ0v) is 11.0. The van der Waals surface area contributed by atoms with E-state index in [1.807, 2.05) is 0 Å². The smallest absolute Gasteiger partial charge is 0.303 e. The van der Waals surface area contributed by atoms with E-state index in [0.29, 0.717) is 11.3 Å². The summed E-state index contributed by atoms with van der Waals surface area (Å²) in [6, 6.07) is 3.04. The summed E-state index contributed by atoms with van der Waals surface area (Å²) in [4.78, 5) is 11.0. The molecule has 1 saturated carbocycles. The van der Waals surface area contributed by atoms with Crippen LogP contribution in [0.3, 0.4) is 0 Å². The van der Waals surface area contributed by atoms with Crippen molar-refractivity contribution in [1.82, 2.24) is 0 Å². The van der Waals surface area contributed by atoms with E-state index in [-0.39, 0.29) is 24.0 Å². The second-order valence-corrected chi connectivity index (χ2v) is 4.77. The van der Waals surface area contributed by atoms with Gasteiger partial charge in [0.05, 0.1) is 20.6 Å². The maximum Gasteiger partial charge on any atom is 0.303 e. The first-order valence-electron chi connectivity index (χ1n) is 6.20. The number of ether oxygens (including phenoxy) is 2. The number of carbonyl (C=O) groups is 1. The lowest BCUT2D eigenvalue weighted by molar-refractivity contribution is -0.137. The maximum atomic E-state index is 14.3. The Hall–Kier alpha value is -1.78. The number of halogens is 1. The predicted molar refractivity (Wildman–Crippen MR) is 67.2 cm³/mol. The summed E-state index contributed by atoms with van der Waals surface area (Å²) in [5, 5.41) is 8.98. The van der Waals surface area contributed by atoms with Gasteiger partial charge in [0.2, 0.25) is 0 Å². The molecule has 1 aromatic rings. The topological polar surface area (TPSA) is 55.8 Å². The van der Waals surface area contributed by atoms with Gasteiger partial charge in [-0.25, -0.2) is 4.39 Å². The normalized spacial score (nSPS) is 15.9. The van der Waals surface area contributed by atoms with Gasteiger partial charge >= 0.3 is 5.97 Å². The molecule has 4 nitrogen and oxygen atoms in total. The summed E-state index contributed by atoms with van der Waals surface area (Å²) in [5.41, 5.74) is 0.376. The van der Waals surface area contributed by atoms with E-state index >= 15 is 0 Å². The fraction of sp³-hybridized carbons (Fsp3) is 0.500. The maximum absolute atomic E-state index is 14.3. The molecule has 0 aromatic heterocycles. The minimum atomic E-state index is -0.918. The van der Waals surface area contributed by atoms with Crippen molar-refractivity contribution in [2.45, 2.75) is 25.2 Å². The van der Waals surface area contributed by atoms with Crippen LogP contribution in [0.15, 0.2) is 12.1 Å². The molecule has 0 saturated heterocycles. The fourth-order valence-corrected chi connectivity index (χ4v) is 2.35. The second-order valence-electron chi connectivity index (χ2n) is 4.77. The fourth-order valence-electron chi connectivity index (χ4n) is 2.35. The van der Waals surface area contributed by atoms with Gasteiger partial charge in [-0.1, -0.05) is 0 Å². The molecule has 0 spiro atoms. The number of hydrogen-bond donors (Lipinski definition) is 1. The third kappa shape index (κ3) is 2.97. The Morgan fingerprint density at radius 3 is 2.58 bits per heavy atom. The number of aliphatic carboxylic acids is 1. The zero-order valence-electron chi connectivity index (χ0n) is 11.0. The summed E-state index contributed by atoms with van der Waals surface area (Å²) in [6.45, 7) is 0. The van der Waals surface area contributed by atoms with E-state index in [9.17, 15) is 9.18 Å². The lowest BCUT2D eigenvalue weighted by Crippen LogP contribution is -2.11. The van der Waals surface area contributed by atoms with E-state index in [2.05, 4.69) is 0 Å². The minimum absolute atomic E-state index is 0.0715. The van der Waals surface area contributed by atoms with Crippen molar-refractivity contribution >= 4 is 5.97 Å². The van der Waals surface area contributed by atoms with Crippen molar-refractivity contribution in [3.63, 3.8) is 0 Å². The Balaban J connectivity index is 2.42. The summed E-state index contributed by atoms with van der Waals surface area (Å²) in [7, 11) is 2.87. The summed E-state index contributed by atoms with van der Waals surface area (Å²) in [5.74, 6) is -0.918. The average Bonchev–Trinajstić information content (AvgIpc) is 3.20. The second kappa shape index (κ2) is 5.47. The van der Waals surface area contributed by atoms with Gasteiger partial charge in [0.25, 0.3) is 0 Å². The Bertz CT molecular complexity index is 483. The third-order valence-corrected chi connectivity index (χ3v) is 3.48. The van der Waals surface area contributed by atoms with Crippen molar-refractivity contribution in [1.29, 1.82) is 0 Å². The Labute approximate surface area is 111 Å². The highest BCUT2D eigenvalue weighted by Gasteiger charge is 2.36. The molecular formula is C14H17FO4. The van der Waals surface area contributed by atoms with Gasteiger partial charge in [-0.3, -0.25) is 4.79 Å². The highest BCUT2D eigenvalue weighted by atomic mass is 19.1. The van der Waals surface area contributed by atoms with Crippen molar-refractivity contribution in [3.8, 4) is 11.5 Å². The molecule has 1 unspecified atom stereocenters.